The van der Waals surface area contributed by atoms with Crippen LogP contribution in [0.4, 0.5) is 0 Å². The molecule has 10 heteroatoms. The SMILES string of the molecule is Cc1nc2cc([C@@H]3C[C@@H]4O[C@]4(Cl)CCO[C@@H](C)[C@@H](O)[C@@H](C)C(=O)C(C)(C)[C@@H](O)CC(=O)O3)ccc2s1. The molecule has 0 spiro atoms. The van der Waals surface area contributed by atoms with Gasteiger partial charge in [-0.05, 0) is 31.5 Å². The highest BCUT2D eigenvalue weighted by molar-refractivity contribution is 7.18. The molecular weight excluding hydrogens is 506 g/mol. The summed E-state index contributed by atoms with van der Waals surface area (Å²) in [5.41, 5.74) is 0.283. The Bertz CT molecular complexity index is 1140. The lowest BCUT2D eigenvalue weighted by Gasteiger charge is -2.34. The highest BCUT2D eigenvalue weighted by Crippen LogP contribution is 2.49. The molecule has 0 radical (unpaired) electrons. The lowest BCUT2D eigenvalue weighted by atomic mass is 9.74. The second-order valence-electron chi connectivity index (χ2n) is 10.5. The summed E-state index contributed by atoms with van der Waals surface area (Å²) in [5.74, 6) is -1.82. The number of carbonyl (C=O) groups excluding carboxylic acids is 2. The van der Waals surface area contributed by atoms with Crippen molar-refractivity contribution in [1.29, 1.82) is 0 Å². The molecule has 0 aliphatic carbocycles. The average Bonchev–Trinajstić information content (AvgIpc) is 3.28. The number of fused-ring (bicyclic) bond motifs is 2. The number of hydrogen-bond acceptors (Lipinski definition) is 9. The number of aliphatic hydroxyl groups excluding tert-OH is 2. The molecule has 0 saturated carbocycles. The van der Waals surface area contributed by atoms with Crippen LogP contribution in [-0.2, 0) is 23.8 Å². The van der Waals surface area contributed by atoms with Crippen molar-refractivity contribution in [2.45, 2.75) is 89.5 Å². The molecule has 2 aliphatic heterocycles. The van der Waals surface area contributed by atoms with Crippen LogP contribution in [-0.4, -0.2) is 63.0 Å². The Kier molecular flexibility index (Phi) is 7.82. The van der Waals surface area contributed by atoms with Crippen molar-refractivity contribution in [2.75, 3.05) is 6.61 Å². The van der Waals surface area contributed by atoms with Crippen LogP contribution in [0.2, 0.25) is 0 Å². The predicted octanol–water partition coefficient (Wildman–Crippen LogP) is 4.07. The number of ether oxygens (including phenoxy) is 3. The third kappa shape index (κ3) is 5.61. The number of rotatable bonds is 1. The summed E-state index contributed by atoms with van der Waals surface area (Å²) in [4.78, 5) is 30.7. The van der Waals surface area contributed by atoms with E-state index in [9.17, 15) is 19.8 Å². The first-order valence-electron chi connectivity index (χ1n) is 12.3. The molecule has 2 saturated heterocycles. The third-order valence-corrected chi connectivity index (χ3v) is 8.89. The number of aromatic nitrogens is 1. The minimum atomic E-state index is -1.30. The van der Waals surface area contributed by atoms with Gasteiger partial charge in [-0.25, -0.2) is 4.98 Å². The Morgan fingerprint density at radius 1 is 1.19 bits per heavy atom. The predicted molar refractivity (Wildman–Crippen MR) is 136 cm³/mol. The fraction of sp³-hybridized carbons (Fsp3) is 0.654. The number of nitrogens with zero attached hydrogens (tertiary/aromatic N) is 1. The number of ketones is 1. The highest BCUT2D eigenvalue weighted by atomic mass is 35.5. The van der Waals surface area contributed by atoms with Crippen molar-refractivity contribution in [2.24, 2.45) is 11.3 Å². The summed E-state index contributed by atoms with van der Waals surface area (Å²) in [6.07, 6.45) is -3.75. The molecule has 7 atom stereocenters. The Morgan fingerprint density at radius 3 is 2.64 bits per heavy atom. The molecule has 2 aromatic rings. The number of hydrogen-bond donors (Lipinski definition) is 2. The van der Waals surface area contributed by atoms with Gasteiger partial charge in [0.1, 0.15) is 18.0 Å². The van der Waals surface area contributed by atoms with Crippen molar-refractivity contribution < 1.29 is 34.0 Å². The van der Waals surface area contributed by atoms with Gasteiger partial charge in [-0.15, -0.1) is 11.3 Å². The first-order valence-corrected chi connectivity index (χ1v) is 13.5. The smallest absolute Gasteiger partial charge is 0.309 e. The lowest BCUT2D eigenvalue weighted by Crippen LogP contribution is -2.47. The topological polar surface area (TPSA) is 118 Å². The normalized spacial score (nSPS) is 36.3. The number of aryl methyl sites for hydroxylation is 1. The Balaban J connectivity index is 1.61. The lowest BCUT2D eigenvalue weighted by molar-refractivity contribution is -0.157. The van der Waals surface area contributed by atoms with E-state index in [4.69, 9.17) is 25.8 Å². The van der Waals surface area contributed by atoms with E-state index in [0.717, 1.165) is 20.8 Å². The van der Waals surface area contributed by atoms with Crippen molar-refractivity contribution in [3.05, 3.63) is 28.8 Å². The van der Waals surface area contributed by atoms with Crippen molar-refractivity contribution in [1.82, 2.24) is 4.98 Å². The molecular formula is C26H34ClNO7S. The second kappa shape index (κ2) is 10.3. The third-order valence-electron chi connectivity index (χ3n) is 7.41. The Morgan fingerprint density at radius 2 is 1.92 bits per heavy atom. The average molecular weight is 540 g/mol. The molecule has 2 fully saturated rings. The Hall–Kier alpha value is -1.62. The summed E-state index contributed by atoms with van der Waals surface area (Å²) >= 11 is 8.23. The number of Topliss-reactive ketones (excluding diaryl/α,β-unsaturated/α-hetero) is 1. The van der Waals surface area contributed by atoms with Gasteiger partial charge in [0.15, 0.2) is 5.06 Å². The monoisotopic (exact) mass is 539 g/mol. The van der Waals surface area contributed by atoms with Gasteiger partial charge < -0.3 is 24.4 Å². The maximum Gasteiger partial charge on any atom is 0.309 e. The van der Waals surface area contributed by atoms with Crippen molar-refractivity contribution in [3.8, 4) is 0 Å². The van der Waals surface area contributed by atoms with Crippen LogP contribution in [0.15, 0.2) is 18.2 Å². The van der Waals surface area contributed by atoms with Crippen LogP contribution in [0.25, 0.3) is 10.2 Å². The molecule has 3 heterocycles. The number of cyclic esters (lactones) is 1. The van der Waals surface area contributed by atoms with E-state index in [2.05, 4.69) is 4.98 Å². The van der Waals surface area contributed by atoms with Gasteiger partial charge in [0.25, 0.3) is 0 Å². The molecule has 198 valence electrons. The number of halogens is 1. The standard InChI is InChI=1S/C26H34ClNO7S/c1-13-23(31)14(2)33-9-8-26(27)21(35-26)11-18(16-6-7-19-17(10-16)28-15(3)36-19)34-22(30)12-20(29)25(4,5)24(13)32/h6-7,10,13-14,18,20-21,23,29,31H,8-9,11-12H2,1-5H3/t13-,14+,18+,20+,21+,23+,26-/m1/s1. The van der Waals surface area contributed by atoms with Gasteiger partial charge in [0.05, 0.1) is 52.0 Å². The van der Waals surface area contributed by atoms with E-state index < -0.39 is 46.8 Å². The maximum absolute atomic E-state index is 13.2. The minimum absolute atomic E-state index is 0.222. The zero-order chi connectivity index (χ0) is 26.4. The number of benzene rings is 1. The summed E-state index contributed by atoms with van der Waals surface area (Å²) < 4.78 is 18.4. The summed E-state index contributed by atoms with van der Waals surface area (Å²) in [7, 11) is 0. The molecule has 36 heavy (non-hydrogen) atoms. The molecule has 2 N–H and O–H groups in total. The van der Waals surface area contributed by atoms with E-state index in [0.29, 0.717) is 12.8 Å². The number of epoxide rings is 1. The number of carbonyl (C=O) groups is 2. The number of aliphatic hydroxyl groups is 2. The molecule has 0 unspecified atom stereocenters. The van der Waals surface area contributed by atoms with Crippen LogP contribution in [0.1, 0.15) is 63.6 Å². The molecule has 0 amide bonds. The number of esters is 1. The molecule has 1 aromatic carbocycles. The molecule has 4 rings (SSSR count). The van der Waals surface area contributed by atoms with Gasteiger partial charge in [-0.2, -0.15) is 0 Å². The van der Waals surface area contributed by atoms with Crippen LogP contribution in [0, 0.1) is 18.3 Å². The maximum atomic E-state index is 13.2. The summed E-state index contributed by atoms with van der Waals surface area (Å²) in [5, 5.41) is 21.5. The number of alkyl halides is 1. The van der Waals surface area contributed by atoms with Crippen LogP contribution in [0.5, 0.6) is 0 Å². The van der Waals surface area contributed by atoms with Crippen LogP contribution >= 0.6 is 22.9 Å². The van der Waals surface area contributed by atoms with Crippen molar-refractivity contribution in [3.63, 3.8) is 0 Å². The molecule has 2 aliphatic rings. The fourth-order valence-corrected chi connectivity index (χ4v) is 5.85. The zero-order valence-corrected chi connectivity index (χ0v) is 22.8. The van der Waals surface area contributed by atoms with Gasteiger partial charge in [-0.1, -0.05) is 38.4 Å². The quantitative estimate of drug-likeness (QED) is 0.316. The number of thiazole rings is 1. The zero-order valence-electron chi connectivity index (χ0n) is 21.2. The van der Waals surface area contributed by atoms with E-state index in [1.807, 2.05) is 25.1 Å². The fourth-order valence-electron chi connectivity index (χ4n) is 4.77. The largest absolute Gasteiger partial charge is 0.457 e. The molecule has 1 aromatic heterocycles. The summed E-state index contributed by atoms with van der Waals surface area (Å²) in [6, 6.07) is 5.74. The van der Waals surface area contributed by atoms with E-state index >= 15 is 0 Å². The van der Waals surface area contributed by atoms with Crippen molar-refractivity contribution >= 4 is 44.9 Å². The van der Waals surface area contributed by atoms with Gasteiger partial charge >= 0.3 is 5.97 Å². The Labute approximate surface area is 219 Å². The van der Waals surface area contributed by atoms with Gasteiger partial charge in [-0.3, -0.25) is 9.59 Å². The highest BCUT2D eigenvalue weighted by Gasteiger charge is 2.56. The van der Waals surface area contributed by atoms with E-state index in [1.165, 1.54) is 0 Å². The first-order chi connectivity index (χ1) is 16.8. The van der Waals surface area contributed by atoms with Gasteiger partial charge in [0.2, 0.25) is 0 Å². The molecule has 8 nitrogen and oxygen atoms in total. The van der Waals surface area contributed by atoms with E-state index in [-0.39, 0.29) is 24.9 Å². The first kappa shape index (κ1) is 27.4. The summed E-state index contributed by atoms with van der Waals surface area (Å²) in [6.45, 7) is 8.58. The van der Waals surface area contributed by atoms with Gasteiger partial charge in [0, 0.05) is 18.8 Å². The van der Waals surface area contributed by atoms with Crippen LogP contribution < -0.4 is 0 Å². The second-order valence-corrected chi connectivity index (χ2v) is 12.4. The molecule has 0 bridgehead atoms. The van der Waals surface area contributed by atoms with Crippen LogP contribution in [0.3, 0.4) is 0 Å². The minimum Gasteiger partial charge on any atom is -0.457 e. The van der Waals surface area contributed by atoms with E-state index in [1.54, 1.807) is 39.0 Å².